The van der Waals surface area contributed by atoms with E-state index in [-0.39, 0.29) is 6.10 Å². The van der Waals surface area contributed by atoms with Crippen LogP contribution in [-0.2, 0) is 11.2 Å². The maximum absolute atomic E-state index is 5.82. The summed E-state index contributed by atoms with van der Waals surface area (Å²) in [5.74, 6) is 1.91. The van der Waals surface area contributed by atoms with E-state index in [1.165, 1.54) is 5.56 Å². The number of hydrogen-bond donors (Lipinski definition) is 1. The Hall–Kier alpha value is -1.42. The van der Waals surface area contributed by atoms with Crippen molar-refractivity contribution in [3.8, 4) is 11.5 Å². The molecule has 0 aromatic heterocycles. The number of anilines is 1. The molecule has 3 rings (SSSR count). The van der Waals surface area contributed by atoms with Crippen LogP contribution in [0.3, 0.4) is 0 Å². The Morgan fingerprint density at radius 1 is 1.42 bits per heavy atom. The Morgan fingerprint density at radius 3 is 3.05 bits per heavy atom. The molecule has 1 aromatic rings. The van der Waals surface area contributed by atoms with E-state index in [1.807, 2.05) is 6.92 Å². The van der Waals surface area contributed by atoms with Gasteiger partial charge in [0.1, 0.15) is 17.6 Å². The lowest BCUT2D eigenvalue weighted by Crippen LogP contribution is -2.19. The number of nitrogens with one attached hydrogen (secondary N) is 1. The van der Waals surface area contributed by atoms with Crippen molar-refractivity contribution in [3.63, 3.8) is 0 Å². The topological polar surface area (TPSA) is 39.7 Å². The molecule has 19 heavy (non-hydrogen) atoms. The predicted octanol–water partition coefficient (Wildman–Crippen LogP) is 2.61. The zero-order valence-corrected chi connectivity index (χ0v) is 11.6. The molecule has 0 unspecified atom stereocenters. The van der Waals surface area contributed by atoms with Gasteiger partial charge in [-0.1, -0.05) is 0 Å². The summed E-state index contributed by atoms with van der Waals surface area (Å²) in [5.41, 5.74) is 2.26. The predicted molar refractivity (Wildman–Crippen MR) is 74.3 cm³/mol. The van der Waals surface area contributed by atoms with Crippen LogP contribution < -0.4 is 14.8 Å². The Labute approximate surface area is 114 Å². The molecule has 2 atom stereocenters. The Balaban J connectivity index is 1.85. The largest absolute Gasteiger partial charge is 0.492 e. The molecule has 0 radical (unpaired) electrons. The fraction of sp³-hybridized carbons (Fsp3) is 0.600. The molecule has 2 heterocycles. The summed E-state index contributed by atoms with van der Waals surface area (Å²) in [6, 6.07) is 4.55. The van der Waals surface area contributed by atoms with Gasteiger partial charge in [0.15, 0.2) is 0 Å². The highest BCUT2D eigenvalue weighted by Gasteiger charge is 2.23. The van der Waals surface area contributed by atoms with Crippen molar-refractivity contribution < 1.29 is 14.2 Å². The summed E-state index contributed by atoms with van der Waals surface area (Å²) >= 11 is 0. The van der Waals surface area contributed by atoms with Gasteiger partial charge in [0.25, 0.3) is 0 Å². The van der Waals surface area contributed by atoms with Crippen molar-refractivity contribution >= 4 is 5.69 Å². The van der Waals surface area contributed by atoms with Crippen molar-refractivity contribution in [3.05, 3.63) is 17.7 Å². The van der Waals surface area contributed by atoms with Gasteiger partial charge in [0, 0.05) is 24.7 Å². The van der Waals surface area contributed by atoms with Gasteiger partial charge in [-0.3, -0.25) is 0 Å². The van der Waals surface area contributed by atoms with E-state index < -0.39 is 0 Å². The third kappa shape index (κ3) is 2.63. The van der Waals surface area contributed by atoms with Gasteiger partial charge in [0.05, 0.1) is 24.9 Å². The van der Waals surface area contributed by atoms with E-state index in [1.54, 1.807) is 0 Å². The Kier molecular flexibility index (Phi) is 3.51. The fourth-order valence-corrected chi connectivity index (χ4v) is 2.70. The normalized spacial score (nSPS) is 24.9. The van der Waals surface area contributed by atoms with E-state index in [2.05, 4.69) is 24.4 Å². The molecule has 4 nitrogen and oxygen atoms in total. The number of fused-ring (bicyclic) bond motifs is 1. The maximum atomic E-state index is 5.82. The van der Waals surface area contributed by atoms with Gasteiger partial charge in [0.2, 0.25) is 0 Å². The number of benzene rings is 1. The molecule has 0 bridgehead atoms. The second-order valence-electron chi connectivity index (χ2n) is 5.23. The molecule has 0 saturated carbocycles. The molecule has 1 saturated heterocycles. The van der Waals surface area contributed by atoms with Crippen LogP contribution in [0.1, 0.15) is 25.8 Å². The number of hydrogen-bond acceptors (Lipinski definition) is 4. The summed E-state index contributed by atoms with van der Waals surface area (Å²) in [5, 5.41) is 3.51. The second-order valence-corrected chi connectivity index (χ2v) is 5.23. The van der Waals surface area contributed by atoms with Crippen LogP contribution in [-0.4, -0.2) is 32.0 Å². The molecule has 0 spiro atoms. The highest BCUT2D eigenvalue weighted by Crippen LogP contribution is 2.38. The third-order valence-electron chi connectivity index (χ3n) is 3.59. The minimum absolute atomic E-state index is 0.259. The molecule has 4 heteroatoms. The lowest BCUT2D eigenvalue weighted by molar-refractivity contribution is 0.195. The van der Waals surface area contributed by atoms with Crippen molar-refractivity contribution in [1.82, 2.24) is 0 Å². The van der Waals surface area contributed by atoms with Crippen LogP contribution in [0.4, 0.5) is 5.69 Å². The van der Waals surface area contributed by atoms with Gasteiger partial charge >= 0.3 is 0 Å². The maximum Gasteiger partial charge on any atom is 0.142 e. The standard InChI is InChI=1S/C15H21NO3/c1-3-18-15-7-11-6-10(2)19-14(11)8-13(15)16-12-4-5-17-9-12/h7-8,10,12,16H,3-6,9H2,1-2H3/t10-,12-/m0/s1. The minimum atomic E-state index is 0.259. The van der Waals surface area contributed by atoms with E-state index >= 15 is 0 Å². The van der Waals surface area contributed by atoms with Gasteiger partial charge in [-0.2, -0.15) is 0 Å². The zero-order chi connectivity index (χ0) is 13.2. The second kappa shape index (κ2) is 5.29. The SMILES string of the molecule is CCOc1cc2c(cc1N[C@H]1CCOC1)O[C@@H](C)C2. The number of ether oxygens (including phenoxy) is 3. The number of rotatable bonds is 4. The molecule has 2 aliphatic rings. The quantitative estimate of drug-likeness (QED) is 0.906. The van der Waals surface area contributed by atoms with Gasteiger partial charge < -0.3 is 19.5 Å². The van der Waals surface area contributed by atoms with Crippen molar-refractivity contribution in [2.45, 2.75) is 38.8 Å². The first-order chi connectivity index (χ1) is 9.26. The van der Waals surface area contributed by atoms with E-state index in [0.717, 1.165) is 43.2 Å². The molecule has 1 fully saturated rings. The van der Waals surface area contributed by atoms with Crippen LogP contribution in [0.5, 0.6) is 11.5 Å². The van der Waals surface area contributed by atoms with E-state index in [0.29, 0.717) is 12.6 Å². The van der Waals surface area contributed by atoms with Crippen molar-refractivity contribution in [1.29, 1.82) is 0 Å². The molecule has 1 aromatic carbocycles. The highest BCUT2D eigenvalue weighted by molar-refractivity contribution is 5.63. The zero-order valence-electron chi connectivity index (χ0n) is 11.6. The lowest BCUT2D eigenvalue weighted by Gasteiger charge is -2.17. The molecule has 0 aliphatic carbocycles. The first kappa shape index (κ1) is 12.6. The van der Waals surface area contributed by atoms with Crippen LogP contribution in [0.25, 0.3) is 0 Å². The first-order valence-corrected chi connectivity index (χ1v) is 7.07. The van der Waals surface area contributed by atoms with Gasteiger partial charge in [-0.25, -0.2) is 0 Å². The molecule has 2 aliphatic heterocycles. The summed E-state index contributed by atoms with van der Waals surface area (Å²) < 4.78 is 17.0. The van der Waals surface area contributed by atoms with Crippen LogP contribution in [0.15, 0.2) is 12.1 Å². The van der Waals surface area contributed by atoms with Crippen LogP contribution in [0, 0.1) is 0 Å². The summed E-state index contributed by atoms with van der Waals surface area (Å²) in [6.07, 6.45) is 2.26. The Morgan fingerprint density at radius 2 is 2.32 bits per heavy atom. The van der Waals surface area contributed by atoms with Crippen LogP contribution >= 0.6 is 0 Å². The summed E-state index contributed by atoms with van der Waals surface area (Å²) in [7, 11) is 0. The monoisotopic (exact) mass is 263 g/mol. The van der Waals surface area contributed by atoms with Crippen molar-refractivity contribution in [2.75, 3.05) is 25.1 Å². The van der Waals surface area contributed by atoms with E-state index in [9.17, 15) is 0 Å². The molecular formula is C15H21NO3. The van der Waals surface area contributed by atoms with Gasteiger partial charge in [-0.05, 0) is 26.3 Å². The Bertz CT molecular complexity index is 455. The first-order valence-electron chi connectivity index (χ1n) is 7.07. The van der Waals surface area contributed by atoms with E-state index in [4.69, 9.17) is 14.2 Å². The summed E-state index contributed by atoms with van der Waals surface area (Å²) in [6.45, 7) is 6.37. The average molecular weight is 263 g/mol. The molecule has 0 amide bonds. The van der Waals surface area contributed by atoms with Crippen molar-refractivity contribution in [2.24, 2.45) is 0 Å². The third-order valence-corrected chi connectivity index (χ3v) is 3.59. The molecular weight excluding hydrogens is 242 g/mol. The fourth-order valence-electron chi connectivity index (χ4n) is 2.70. The lowest BCUT2D eigenvalue weighted by atomic mass is 10.1. The molecule has 104 valence electrons. The summed E-state index contributed by atoms with van der Waals surface area (Å²) in [4.78, 5) is 0. The van der Waals surface area contributed by atoms with Gasteiger partial charge in [-0.15, -0.1) is 0 Å². The van der Waals surface area contributed by atoms with Crippen LogP contribution in [0.2, 0.25) is 0 Å². The smallest absolute Gasteiger partial charge is 0.142 e. The highest BCUT2D eigenvalue weighted by atomic mass is 16.5. The average Bonchev–Trinajstić information content (AvgIpc) is 2.98. The minimum Gasteiger partial charge on any atom is -0.492 e. The molecule has 1 N–H and O–H groups in total.